The predicted octanol–water partition coefficient (Wildman–Crippen LogP) is 0.841. The summed E-state index contributed by atoms with van der Waals surface area (Å²) >= 11 is 0. The molecule has 0 aliphatic heterocycles. The molecule has 1 aromatic rings. The maximum atomic E-state index is 10.9. The molecule has 0 aliphatic carbocycles. The smallest absolute Gasteiger partial charge is 0.347 e. The number of aliphatic carboxylic acids is 1. The number of carboxylic acid groups (broad SMARTS) is 1. The fourth-order valence-electron chi connectivity index (χ4n) is 1.37. The summed E-state index contributed by atoms with van der Waals surface area (Å²) in [5.41, 5.74) is 4.46. The van der Waals surface area contributed by atoms with Gasteiger partial charge in [-0.05, 0) is 44.5 Å². The Balaban J connectivity index is 3.07. The van der Waals surface area contributed by atoms with E-state index < -0.39 is 11.6 Å². The molecule has 5 N–H and O–H groups in total. The average molecular weight is 255 g/mol. The summed E-state index contributed by atoms with van der Waals surface area (Å²) in [7, 11) is 0. The first-order valence-corrected chi connectivity index (χ1v) is 5.45. The number of carbonyl (C=O) groups is 1. The van der Waals surface area contributed by atoms with Crippen molar-refractivity contribution in [1.82, 2.24) is 0 Å². The minimum atomic E-state index is -1.55. The summed E-state index contributed by atoms with van der Waals surface area (Å²) in [4.78, 5) is 10.9. The van der Waals surface area contributed by atoms with Crippen molar-refractivity contribution in [3.63, 3.8) is 0 Å². The Morgan fingerprint density at radius 2 is 1.83 bits per heavy atom. The standard InChI is InChI=1S/C12H17NO5/c1-12(2,11(16)17)18-10-8(14)5-7(3-4-13)6-9(10)15/h5-6,14-15H,3-4,13H2,1-2H3,(H,16,17). The number of benzene rings is 1. The number of phenolic OH excluding ortho intramolecular Hbond substituents is 2. The summed E-state index contributed by atoms with van der Waals surface area (Å²) in [5.74, 6) is -2.07. The molecule has 0 fully saturated rings. The molecule has 0 spiro atoms. The normalized spacial score (nSPS) is 11.3. The van der Waals surface area contributed by atoms with Gasteiger partial charge in [-0.25, -0.2) is 4.79 Å². The second kappa shape index (κ2) is 5.14. The molecule has 0 saturated heterocycles. The number of rotatable bonds is 5. The Labute approximate surface area is 105 Å². The second-order valence-electron chi connectivity index (χ2n) is 4.42. The zero-order valence-corrected chi connectivity index (χ0v) is 10.3. The van der Waals surface area contributed by atoms with Crippen LogP contribution in [0.25, 0.3) is 0 Å². The van der Waals surface area contributed by atoms with Crippen molar-refractivity contribution in [1.29, 1.82) is 0 Å². The van der Waals surface area contributed by atoms with E-state index in [0.29, 0.717) is 18.5 Å². The van der Waals surface area contributed by atoms with Gasteiger partial charge >= 0.3 is 5.97 Å². The molecule has 0 amide bonds. The topological polar surface area (TPSA) is 113 Å². The zero-order chi connectivity index (χ0) is 13.9. The van der Waals surface area contributed by atoms with Gasteiger partial charge in [-0.1, -0.05) is 0 Å². The fourth-order valence-corrected chi connectivity index (χ4v) is 1.37. The monoisotopic (exact) mass is 255 g/mol. The van der Waals surface area contributed by atoms with Crippen molar-refractivity contribution in [2.24, 2.45) is 5.73 Å². The van der Waals surface area contributed by atoms with Crippen LogP contribution in [0.5, 0.6) is 17.2 Å². The molecule has 18 heavy (non-hydrogen) atoms. The Kier molecular flexibility index (Phi) is 4.03. The number of nitrogens with two attached hydrogens (primary N) is 1. The molecule has 0 unspecified atom stereocenters. The predicted molar refractivity (Wildman–Crippen MR) is 64.9 cm³/mol. The van der Waals surface area contributed by atoms with E-state index >= 15 is 0 Å². The van der Waals surface area contributed by atoms with Gasteiger partial charge < -0.3 is 25.8 Å². The van der Waals surface area contributed by atoms with E-state index in [1.54, 1.807) is 0 Å². The molecule has 0 radical (unpaired) electrons. The van der Waals surface area contributed by atoms with Crippen molar-refractivity contribution in [3.8, 4) is 17.2 Å². The number of aromatic hydroxyl groups is 2. The minimum Gasteiger partial charge on any atom is -0.504 e. The van der Waals surface area contributed by atoms with E-state index in [1.165, 1.54) is 26.0 Å². The van der Waals surface area contributed by atoms with Crippen LogP contribution in [-0.2, 0) is 11.2 Å². The molecule has 1 aromatic carbocycles. The highest BCUT2D eigenvalue weighted by Gasteiger charge is 2.31. The van der Waals surface area contributed by atoms with Crippen molar-refractivity contribution in [2.75, 3.05) is 6.54 Å². The van der Waals surface area contributed by atoms with Crippen LogP contribution >= 0.6 is 0 Å². The number of hydrogen-bond acceptors (Lipinski definition) is 5. The largest absolute Gasteiger partial charge is 0.504 e. The van der Waals surface area contributed by atoms with Gasteiger partial charge in [-0.2, -0.15) is 0 Å². The molecular weight excluding hydrogens is 238 g/mol. The van der Waals surface area contributed by atoms with Crippen LogP contribution in [0.4, 0.5) is 0 Å². The third kappa shape index (κ3) is 3.04. The maximum Gasteiger partial charge on any atom is 0.347 e. The molecule has 6 nitrogen and oxygen atoms in total. The minimum absolute atomic E-state index is 0.247. The summed E-state index contributed by atoms with van der Waals surface area (Å²) in [5, 5.41) is 28.4. The Hall–Kier alpha value is -1.95. The van der Waals surface area contributed by atoms with Crippen molar-refractivity contribution in [3.05, 3.63) is 17.7 Å². The van der Waals surface area contributed by atoms with Crippen molar-refractivity contribution >= 4 is 5.97 Å². The third-order valence-electron chi connectivity index (χ3n) is 2.41. The first kappa shape index (κ1) is 14.1. The molecular formula is C12H17NO5. The quantitative estimate of drug-likeness (QED) is 0.620. The number of carboxylic acids is 1. The van der Waals surface area contributed by atoms with Crippen LogP contribution in [0.15, 0.2) is 12.1 Å². The first-order valence-electron chi connectivity index (χ1n) is 5.45. The lowest BCUT2D eigenvalue weighted by molar-refractivity contribution is -0.152. The average Bonchev–Trinajstić information content (AvgIpc) is 2.24. The van der Waals surface area contributed by atoms with Gasteiger partial charge in [-0.15, -0.1) is 0 Å². The fraction of sp³-hybridized carbons (Fsp3) is 0.417. The van der Waals surface area contributed by atoms with Crippen LogP contribution in [0.2, 0.25) is 0 Å². The van der Waals surface area contributed by atoms with Gasteiger partial charge in [0.05, 0.1) is 0 Å². The lowest BCUT2D eigenvalue weighted by Crippen LogP contribution is -2.37. The highest BCUT2D eigenvalue weighted by Crippen LogP contribution is 2.39. The van der Waals surface area contributed by atoms with E-state index in [0.717, 1.165) is 0 Å². The van der Waals surface area contributed by atoms with Crippen molar-refractivity contribution < 1.29 is 24.9 Å². The highest BCUT2D eigenvalue weighted by molar-refractivity contribution is 5.77. The summed E-state index contributed by atoms with van der Waals surface area (Å²) < 4.78 is 5.13. The second-order valence-corrected chi connectivity index (χ2v) is 4.42. The molecule has 0 aromatic heterocycles. The van der Waals surface area contributed by atoms with Gasteiger partial charge in [-0.3, -0.25) is 0 Å². The number of phenols is 2. The Morgan fingerprint density at radius 3 is 2.22 bits per heavy atom. The number of hydrogen-bond donors (Lipinski definition) is 4. The van der Waals surface area contributed by atoms with E-state index in [1.807, 2.05) is 0 Å². The Bertz CT molecular complexity index is 433. The van der Waals surface area contributed by atoms with Gasteiger partial charge in [0.1, 0.15) is 0 Å². The van der Waals surface area contributed by atoms with Crippen LogP contribution in [0.3, 0.4) is 0 Å². The first-order chi connectivity index (χ1) is 8.27. The van der Waals surface area contributed by atoms with E-state index in [9.17, 15) is 15.0 Å². The zero-order valence-electron chi connectivity index (χ0n) is 10.3. The molecule has 0 atom stereocenters. The maximum absolute atomic E-state index is 10.9. The van der Waals surface area contributed by atoms with E-state index in [-0.39, 0.29) is 17.2 Å². The van der Waals surface area contributed by atoms with Crippen LogP contribution in [0, 0.1) is 0 Å². The number of ether oxygens (including phenoxy) is 1. The van der Waals surface area contributed by atoms with Crippen molar-refractivity contribution in [2.45, 2.75) is 25.9 Å². The highest BCUT2D eigenvalue weighted by atomic mass is 16.5. The summed E-state index contributed by atoms with van der Waals surface area (Å²) in [6.45, 7) is 3.02. The van der Waals surface area contributed by atoms with Gasteiger partial charge in [0.25, 0.3) is 0 Å². The molecule has 0 saturated carbocycles. The molecule has 0 bridgehead atoms. The van der Waals surface area contributed by atoms with E-state index in [2.05, 4.69) is 0 Å². The molecule has 0 aliphatic rings. The van der Waals surface area contributed by atoms with Crippen LogP contribution in [-0.4, -0.2) is 33.4 Å². The van der Waals surface area contributed by atoms with Crippen LogP contribution < -0.4 is 10.5 Å². The van der Waals surface area contributed by atoms with Crippen LogP contribution in [0.1, 0.15) is 19.4 Å². The molecule has 100 valence electrons. The third-order valence-corrected chi connectivity index (χ3v) is 2.41. The van der Waals surface area contributed by atoms with Gasteiger partial charge in [0, 0.05) is 0 Å². The van der Waals surface area contributed by atoms with Gasteiger partial charge in [0.15, 0.2) is 17.1 Å². The molecule has 0 heterocycles. The summed E-state index contributed by atoms with van der Waals surface area (Å²) in [6.07, 6.45) is 0.490. The lowest BCUT2D eigenvalue weighted by atomic mass is 10.1. The molecule has 6 heteroatoms. The summed E-state index contributed by atoms with van der Waals surface area (Å²) in [6, 6.07) is 2.78. The molecule has 1 rings (SSSR count). The van der Waals surface area contributed by atoms with Gasteiger partial charge in [0.2, 0.25) is 5.75 Å². The van der Waals surface area contributed by atoms with E-state index in [4.69, 9.17) is 15.6 Å². The SMILES string of the molecule is CC(C)(Oc1c(O)cc(CCN)cc1O)C(=O)O. The Morgan fingerprint density at radius 1 is 1.33 bits per heavy atom. The lowest BCUT2D eigenvalue weighted by Gasteiger charge is -2.22.